The van der Waals surface area contributed by atoms with Gasteiger partial charge >= 0.3 is 0 Å². The summed E-state index contributed by atoms with van der Waals surface area (Å²) < 4.78 is 57.8. The largest absolute Gasteiger partial charge is 0.337 e. The molecule has 1 aliphatic rings. The van der Waals surface area contributed by atoms with Crippen molar-refractivity contribution in [3.8, 4) is 0 Å². The zero-order valence-electron chi connectivity index (χ0n) is 22.2. The first-order valence-electron chi connectivity index (χ1n) is 13.0. The van der Waals surface area contributed by atoms with Crippen LogP contribution in [0.25, 0.3) is 0 Å². The molecule has 208 valence electrons. The number of nitrogens with one attached hydrogen (secondary N) is 1. The second kappa shape index (κ2) is 11.3. The molecule has 0 saturated carbocycles. The Morgan fingerprint density at radius 3 is 2.58 bits per heavy atom. The Labute approximate surface area is 232 Å². The summed E-state index contributed by atoms with van der Waals surface area (Å²) in [6.07, 6.45) is 4.87. The molecule has 7 nitrogen and oxygen atoms in total. The van der Waals surface area contributed by atoms with Crippen LogP contribution in [0.1, 0.15) is 54.2 Å². The number of aromatic nitrogens is 2. The Bertz CT molecular complexity index is 1640. The predicted molar refractivity (Wildman–Crippen MR) is 148 cm³/mol. The van der Waals surface area contributed by atoms with E-state index in [1.54, 1.807) is 29.4 Å². The molecule has 40 heavy (non-hydrogen) atoms. The molecule has 0 unspecified atom stereocenters. The number of imidazole rings is 1. The number of hydrogen-bond acceptors (Lipinski definition) is 4. The van der Waals surface area contributed by atoms with Crippen LogP contribution >= 0.6 is 0 Å². The van der Waals surface area contributed by atoms with Crippen LogP contribution in [-0.4, -0.2) is 23.9 Å². The van der Waals surface area contributed by atoms with Gasteiger partial charge in [-0.2, -0.15) is 0 Å². The first kappa shape index (κ1) is 27.7. The fourth-order valence-corrected chi connectivity index (χ4v) is 6.35. The third kappa shape index (κ3) is 5.97. The number of sulfonamides is 1. The number of halogens is 2. The molecule has 1 aromatic heterocycles. The van der Waals surface area contributed by atoms with Crippen molar-refractivity contribution in [3.05, 3.63) is 113 Å². The molecule has 1 amide bonds. The second-order valence-electron chi connectivity index (χ2n) is 10.1. The summed E-state index contributed by atoms with van der Waals surface area (Å²) in [5.74, 6) is -0.576. The van der Waals surface area contributed by atoms with Crippen LogP contribution in [-0.2, 0) is 34.8 Å². The van der Waals surface area contributed by atoms with Crippen LogP contribution in [0.5, 0.6) is 0 Å². The minimum absolute atomic E-state index is 0.140. The van der Waals surface area contributed by atoms with Gasteiger partial charge in [-0.05, 0) is 77.9 Å². The van der Waals surface area contributed by atoms with Gasteiger partial charge in [0.05, 0.1) is 11.4 Å². The molecule has 0 fully saturated rings. The van der Waals surface area contributed by atoms with Crippen LogP contribution < -0.4 is 9.62 Å². The molecule has 0 aliphatic heterocycles. The Morgan fingerprint density at radius 1 is 1.10 bits per heavy atom. The highest BCUT2D eigenvalue weighted by molar-refractivity contribution is 7.89. The fourth-order valence-electron chi connectivity index (χ4n) is 5.06. The van der Waals surface area contributed by atoms with Gasteiger partial charge in [-0.1, -0.05) is 31.2 Å². The van der Waals surface area contributed by atoms with Gasteiger partial charge in [0.1, 0.15) is 17.5 Å². The Kier molecular flexibility index (Phi) is 7.82. The van der Waals surface area contributed by atoms with E-state index in [1.807, 2.05) is 36.7 Å². The van der Waals surface area contributed by atoms with Gasteiger partial charge in [0, 0.05) is 37.6 Å². The maximum Gasteiger partial charge on any atom is 0.241 e. The van der Waals surface area contributed by atoms with Gasteiger partial charge in [0.15, 0.2) is 0 Å². The number of nitrogens with zero attached hydrogens (tertiary/aromatic N) is 3. The molecule has 0 saturated heterocycles. The number of aryl methyl sites for hydroxylation is 2. The maximum atomic E-state index is 13.7. The standard InChI is InChI=1S/C30H30F2N4O3S/c1-20(21-6-10-23(31)11-7-21)16-30(37)36(19-29-33-14-15-35(29)2)25-12-8-22-9-13-28(27(22)18-25)34-40(38,39)26-5-3-4-24(32)17-26/h3-8,10-12,14-15,17-18,20,28,34H,9,13,16,19H2,1-2H3/t20-,28-/m1/s1. The van der Waals surface area contributed by atoms with Crippen LogP contribution in [0.3, 0.4) is 0 Å². The highest BCUT2D eigenvalue weighted by Gasteiger charge is 2.30. The number of amides is 1. The highest BCUT2D eigenvalue weighted by Crippen LogP contribution is 2.36. The zero-order chi connectivity index (χ0) is 28.4. The molecule has 5 rings (SSSR count). The number of benzene rings is 3. The summed E-state index contributed by atoms with van der Waals surface area (Å²) in [5, 5.41) is 0. The molecule has 0 bridgehead atoms. The summed E-state index contributed by atoms with van der Waals surface area (Å²) in [4.78, 5) is 19.6. The lowest BCUT2D eigenvalue weighted by Gasteiger charge is -2.26. The molecule has 1 aliphatic carbocycles. The minimum Gasteiger partial charge on any atom is -0.337 e. The van der Waals surface area contributed by atoms with Crippen molar-refractivity contribution in [2.45, 2.75) is 49.6 Å². The number of rotatable bonds is 9. The zero-order valence-corrected chi connectivity index (χ0v) is 23.0. The van der Waals surface area contributed by atoms with Gasteiger partial charge in [-0.25, -0.2) is 26.9 Å². The molecule has 3 aromatic carbocycles. The van der Waals surface area contributed by atoms with Gasteiger partial charge in [0.2, 0.25) is 15.9 Å². The van der Waals surface area contributed by atoms with E-state index in [9.17, 15) is 22.0 Å². The minimum atomic E-state index is -3.97. The molecule has 4 aromatic rings. The molecular formula is C30H30F2N4O3S. The first-order chi connectivity index (χ1) is 19.1. The first-order valence-corrected chi connectivity index (χ1v) is 14.5. The van der Waals surface area contributed by atoms with Crippen molar-refractivity contribution < 1.29 is 22.0 Å². The SMILES string of the molecule is C[C@H](CC(=O)N(Cc1nccn1C)c1ccc2c(c1)[C@H](NS(=O)(=O)c1cccc(F)c1)CC2)c1ccc(F)cc1. The normalized spacial score (nSPS) is 15.6. The van der Waals surface area contributed by atoms with E-state index in [2.05, 4.69) is 9.71 Å². The van der Waals surface area contributed by atoms with Gasteiger partial charge < -0.3 is 9.47 Å². The number of hydrogen-bond donors (Lipinski definition) is 1. The number of anilines is 1. The lowest BCUT2D eigenvalue weighted by Crippen LogP contribution is -2.32. The van der Waals surface area contributed by atoms with Crippen molar-refractivity contribution in [3.63, 3.8) is 0 Å². The van der Waals surface area contributed by atoms with Crippen LogP contribution in [0.4, 0.5) is 14.5 Å². The summed E-state index contributed by atoms with van der Waals surface area (Å²) in [5.41, 5.74) is 3.24. The monoisotopic (exact) mass is 564 g/mol. The lowest BCUT2D eigenvalue weighted by molar-refractivity contribution is -0.119. The molecule has 2 atom stereocenters. The van der Waals surface area contributed by atoms with Crippen molar-refractivity contribution >= 4 is 21.6 Å². The van der Waals surface area contributed by atoms with E-state index in [1.165, 1.54) is 30.3 Å². The van der Waals surface area contributed by atoms with Crippen molar-refractivity contribution in [1.82, 2.24) is 14.3 Å². The lowest BCUT2D eigenvalue weighted by atomic mass is 9.97. The Morgan fingerprint density at radius 2 is 1.88 bits per heavy atom. The Balaban J connectivity index is 1.43. The topological polar surface area (TPSA) is 84.3 Å². The van der Waals surface area contributed by atoms with E-state index < -0.39 is 21.9 Å². The number of carbonyl (C=O) groups excluding carboxylic acids is 1. The molecule has 1 heterocycles. The van der Waals surface area contributed by atoms with Crippen molar-refractivity contribution in [2.24, 2.45) is 7.05 Å². The van der Waals surface area contributed by atoms with E-state index in [4.69, 9.17) is 0 Å². The molecule has 0 spiro atoms. The average molecular weight is 565 g/mol. The quantitative estimate of drug-likeness (QED) is 0.296. The Hall–Kier alpha value is -3.89. The maximum absolute atomic E-state index is 13.7. The molecule has 1 N–H and O–H groups in total. The van der Waals surface area contributed by atoms with Crippen molar-refractivity contribution in [1.29, 1.82) is 0 Å². The van der Waals surface area contributed by atoms with E-state index >= 15 is 0 Å². The van der Waals surface area contributed by atoms with Crippen LogP contribution in [0, 0.1) is 11.6 Å². The van der Waals surface area contributed by atoms with Crippen LogP contribution in [0.15, 0.2) is 84.0 Å². The smallest absolute Gasteiger partial charge is 0.241 e. The van der Waals surface area contributed by atoms with Crippen molar-refractivity contribution in [2.75, 3.05) is 4.90 Å². The average Bonchev–Trinajstić information content (AvgIpc) is 3.52. The van der Waals surface area contributed by atoms with E-state index in [0.29, 0.717) is 24.4 Å². The molecular weight excluding hydrogens is 534 g/mol. The second-order valence-corrected chi connectivity index (χ2v) is 11.9. The summed E-state index contributed by atoms with van der Waals surface area (Å²) >= 11 is 0. The van der Waals surface area contributed by atoms with E-state index in [0.717, 1.165) is 22.8 Å². The molecule has 10 heteroatoms. The van der Waals surface area contributed by atoms with Gasteiger partial charge in [0.25, 0.3) is 0 Å². The number of carbonyl (C=O) groups is 1. The summed E-state index contributed by atoms with van der Waals surface area (Å²) in [6.45, 7) is 2.14. The van der Waals surface area contributed by atoms with Gasteiger partial charge in [-0.3, -0.25) is 4.79 Å². The summed E-state index contributed by atoms with van der Waals surface area (Å²) in [7, 11) is -2.11. The summed E-state index contributed by atoms with van der Waals surface area (Å²) in [6, 6.07) is 16.1. The van der Waals surface area contributed by atoms with Crippen LogP contribution in [0.2, 0.25) is 0 Å². The third-order valence-electron chi connectivity index (χ3n) is 7.36. The fraction of sp³-hybridized carbons (Fsp3) is 0.267. The number of fused-ring (bicyclic) bond motifs is 1. The van der Waals surface area contributed by atoms with E-state index in [-0.39, 0.29) is 35.5 Å². The third-order valence-corrected chi connectivity index (χ3v) is 8.83. The van der Waals surface area contributed by atoms with Gasteiger partial charge in [-0.15, -0.1) is 0 Å². The highest BCUT2D eigenvalue weighted by atomic mass is 32.2. The molecule has 0 radical (unpaired) electrons. The predicted octanol–water partition coefficient (Wildman–Crippen LogP) is 5.39.